The van der Waals surface area contributed by atoms with Crippen LogP contribution in [0, 0.1) is 5.82 Å². The maximum Gasteiger partial charge on any atom is 0.241 e. The number of likely N-dealkylation sites (tertiary alicyclic amines) is 1. The van der Waals surface area contributed by atoms with Crippen molar-refractivity contribution in [1.29, 1.82) is 0 Å². The number of carbonyl (C=O) groups excluding carboxylic acids is 1. The molecule has 1 aliphatic heterocycles. The van der Waals surface area contributed by atoms with E-state index >= 15 is 0 Å². The third-order valence-corrected chi connectivity index (χ3v) is 4.89. The van der Waals surface area contributed by atoms with Crippen molar-refractivity contribution in [3.8, 4) is 0 Å². The molecule has 0 radical (unpaired) electrons. The molecule has 0 spiro atoms. The van der Waals surface area contributed by atoms with Crippen LogP contribution >= 0.6 is 11.3 Å². The summed E-state index contributed by atoms with van der Waals surface area (Å²) in [5, 5.41) is 7.03. The van der Waals surface area contributed by atoms with Gasteiger partial charge in [-0.1, -0.05) is 6.07 Å². The van der Waals surface area contributed by atoms with Crippen LogP contribution in [0.25, 0.3) is 0 Å². The van der Waals surface area contributed by atoms with Gasteiger partial charge in [-0.05, 0) is 66.9 Å². The number of hydrogen-bond acceptors (Lipinski definition) is 3. The standard InChI is InChI=1S/C17H19FN2OS/c1-12(17(21)19-15-5-2-4-14(18)10-15)20-8-3-6-16(20)13-7-9-22-11-13/h2,4-5,7,9-12,16H,3,6,8H2,1H3,(H,19,21). The zero-order chi connectivity index (χ0) is 15.5. The van der Waals surface area contributed by atoms with Gasteiger partial charge in [0.25, 0.3) is 0 Å². The topological polar surface area (TPSA) is 32.3 Å². The summed E-state index contributed by atoms with van der Waals surface area (Å²) in [6.07, 6.45) is 2.17. The van der Waals surface area contributed by atoms with Crippen LogP contribution in [0.2, 0.25) is 0 Å². The summed E-state index contributed by atoms with van der Waals surface area (Å²) in [5.41, 5.74) is 1.79. The number of thiophene rings is 1. The monoisotopic (exact) mass is 318 g/mol. The minimum atomic E-state index is -0.345. The number of rotatable bonds is 4. The molecule has 5 heteroatoms. The Labute approximate surface area is 133 Å². The first kappa shape index (κ1) is 15.2. The Balaban J connectivity index is 1.70. The van der Waals surface area contributed by atoms with E-state index in [9.17, 15) is 9.18 Å². The number of nitrogens with zero attached hydrogens (tertiary/aromatic N) is 1. The Kier molecular flexibility index (Phi) is 4.55. The molecule has 2 unspecified atom stereocenters. The first-order valence-corrected chi connectivity index (χ1v) is 8.43. The predicted molar refractivity (Wildman–Crippen MR) is 87.5 cm³/mol. The van der Waals surface area contributed by atoms with E-state index in [0.29, 0.717) is 11.7 Å². The van der Waals surface area contributed by atoms with Crippen molar-refractivity contribution in [3.05, 3.63) is 52.5 Å². The van der Waals surface area contributed by atoms with Gasteiger partial charge in [0, 0.05) is 11.7 Å². The number of nitrogens with one attached hydrogen (secondary N) is 1. The van der Waals surface area contributed by atoms with Gasteiger partial charge in [0.15, 0.2) is 0 Å². The molecule has 2 atom stereocenters. The Bertz CT molecular complexity index is 644. The highest BCUT2D eigenvalue weighted by atomic mass is 32.1. The fraction of sp³-hybridized carbons (Fsp3) is 0.353. The average Bonchev–Trinajstić information content (AvgIpc) is 3.17. The quantitative estimate of drug-likeness (QED) is 0.922. The molecule has 2 aromatic rings. The summed E-state index contributed by atoms with van der Waals surface area (Å²) in [6, 6.07) is 8.20. The van der Waals surface area contributed by atoms with Gasteiger partial charge < -0.3 is 5.32 Å². The summed E-state index contributed by atoms with van der Waals surface area (Å²) < 4.78 is 13.2. The fourth-order valence-corrected chi connectivity index (χ4v) is 3.75. The van der Waals surface area contributed by atoms with Gasteiger partial charge >= 0.3 is 0 Å². The van der Waals surface area contributed by atoms with Crippen molar-refractivity contribution in [2.45, 2.75) is 31.8 Å². The highest BCUT2D eigenvalue weighted by Gasteiger charge is 2.33. The minimum absolute atomic E-state index is 0.0901. The largest absolute Gasteiger partial charge is 0.325 e. The number of anilines is 1. The molecule has 22 heavy (non-hydrogen) atoms. The molecule has 1 amide bonds. The molecule has 0 bridgehead atoms. The Morgan fingerprint density at radius 1 is 1.45 bits per heavy atom. The number of hydrogen-bond donors (Lipinski definition) is 1. The van der Waals surface area contributed by atoms with Crippen LogP contribution in [0.15, 0.2) is 41.1 Å². The molecule has 1 aliphatic rings. The van der Waals surface area contributed by atoms with Crippen molar-refractivity contribution >= 4 is 22.9 Å². The predicted octanol–water partition coefficient (Wildman–Crippen LogP) is 4.05. The van der Waals surface area contributed by atoms with Crippen LogP contribution in [0.5, 0.6) is 0 Å². The molecule has 3 rings (SSSR count). The molecule has 2 heterocycles. The van der Waals surface area contributed by atoms with Gasteiger partial charge in [0.2, 0.25) is 5.91 Å². The lowest BCUT2D eigenvalue weighted by molar-refractivity contribution is -0.121. The lowest BCUT2D eigenvalue weighted by Crippen LogP contribution is -2.41. The lowest BCUT2D eigenvalue weighted by Gasteiger charge is -2.29. The van der Waals surface area contributed by atoms with Crippen molar-refractivity contribution in [3.63, 3.8) is 0 Å². The first-order chi connectivity index (χ1) is 10.6. The Morgan fingerprint density at radius 3 is 3.05 bits per heavy atom. The second kappa shape index (κ2) is 6.58. The molecule has 1 aromatic carbocycles. The maximum atomic E-state index is 13.2. The molecule has 0 aliphatic carbocycles. The van der Waals surface area contributed by atoms with Crippen molar-refractivity contribution in [2.75, 3.05) is 11.9 Å². The number of carbonyl (C=O) groups is 1. The third kappa shape index (κ3) is 3.20. The van der Waals surface area contributed by atoms with Crippen LogP contribution in [-0.2, 0) is 4.79 Å². The molecular weight excluding hydrogens is 299 g/mol. The molecule has 0 saturated carbocycles. The van der Waals surface area contributed by atoms with Gasteiger partial charge in [0.05, 0.1) is 6.04 Å². The highest BCUT2D eigenvalue weighted by Crippen LogP contribution is 2.34. The molecule has 1 N–H and O–H groups in total. The van der Waals surface area contributed by atoms with Crippen LogP contribution in [-0.4, -0.2) is 23.4 Å². The smallest absolute Gasteiger partial charge is 0.241 e. The van der Waals surface area contributed by atoms with Gasteiger partial charge in [-0.3, -0.25) is 9.69 Å². The first-order valence-electron chi connectivity index (χ1n) is 7.49. The zero-order valence-electron chi connectivity index (χ0n) is 12.5. The molecular formula is C17H19FN2OS. The van der Waals surface area contributed by atoms with Gasteiger partial charge in [-0.2, -0.15) is 11.3 Å². The van der Waals surface area contributed by atoms with E-state index in [2.05, 4.69) is 27.0 Å². The van der Waals surface area contributed by atoms with Crippen LogP contribution in [0.3, 0.4) is 0 Å². The van der Waals surface area contributed by atoms with E-state index in [4.69, 9.17) is 0 Å². The van der Waals surface area contributed by atoms with Crippen molar-refractivity contribution in [2.24, 2.45) is 0 Å². The van der Waals surface area contributed by atoms with Gasteiger partial charge in [0.1, 0.15) is 5.82 Å². The molecule has 1 aromatic heterocycles. The van der Waals surface area contributed by atoms with Gasteiger partial charge in [-0.15, -0.1) is 0 Å². The summed E-state index contributed by atoms with van der Waals surface area (Å²) >= 11 is 1.68. The molecule has 1 fully saturated rings. The second-order valence-electron chi connectivity index (χ2n) is 5.63. The Hall–Kier alpha value is -1.72. The summed E-state index contributed by atoms with van der Waals surface area (Å²) in [5.74, 6) is -0.435. The summed E-state index contributed by atoms with van der Waals surface area (Å²) in [4.78, 5) is 14.7. The molecule has 116 valence electrons. The summed E-state index contributed by atoms with van der Waals surface area (Å²) in [6.45, 7) is 2.83. The Morgan fingerprint density at radius 2 is 2.32 bits per heavy atom. The van der Waals surface area contributed by atoms with E-state index in [1.807, 2.05) is 6.92 Å². The summed E-state index contributed by atoms with van der Waals surface area (Å²) in [7, 11) is 0. The number of halogens is 1. The van der Waals surface area contributed by atoms with Crippen molar-refractivity contribution < 1.29 is 9.18 Å². The van der Waals surface area contributed by atoms with E-state index in [0.717, 1.165) is 19.4 Å². The molecule has 1 saturated heterocycles. The lowest BCUT2D eigenvalue weighted by atomic mass is 10.1. The SMILES string of the molecule is CC(C(=O)Nc1cccc(F)c1)N1CCCC1c1ccsc1. The number of amides is 1. The number of benzene rings is 1. The van der Waals surface area contributed by atoms with Crippen LogP contribution < -0.4 is 5.32 Å². The van der Waals surface area contributed by atoms with E-state index in [1.54, 1.807) is 23.5 Å². The zero-order valence-corrected chi connectivity index (χ0v) is 13.3. The van der Waals surface area contributed by atoms with Gasteiger partial charge in [-0.25, -0.2) is 4.39 Å². The average molecular weight is 318 g/mol. The van der Waals surface area contributed by atoms with Crippen molar-refractivity contribution in [1.82, 2.24) is 4.90 Å². The fourth-order valence-electron chi connectivity index (χ4n) is 3.04. The maximum absolute atomic E-state index is 13.2. The van der Waals surface area contributed by atoms with Crippen LogP contribution in [0.1, 0.15) is 31.4 Å². The molecule has 3 nitrogen and oxygen atoms in total. The third-order valence-electron chi connectivity index (χ3n) is 4.19. The highest BCUT2D eigenvalue weighted by molar-refractivity contribution is 7.07. The normalized spacial score (nSPS) is 20.0. The second-order valence-corrected chi connectivity index (χ2v) is 6.41. The van der Waals surface area contributed by atoms with E-state index in [-0.39, 0.29) is 17.8 Å². The van der Waals surface area contributed by atoms with E-state index < -0.39 is 0 Å². The van der Waals surface area contributed by atoms with Crippen LogP contribution in [0.4, 0.5) is 10.1 Å². The van der Waals surface area contributed by atoms with E-state index in [1.165, 1.54) is 17.7 Å². The minimum Gasteiger partial charge on any atom is -0.325 e.